The molecule has 5 aromatic carbocycles. The van der Waals surface area contributed by atoms with E-state index in [1.165, 1.54) is 64.2 Å². The van der Waals surface area contributed by atoms with E-state index in [9.17, 15) is 28.8 Å². The van der Waals surface area contributed by atoms with Gasteiger partial charge in [0, 0.05) is 170 Å². The number of para-hydroxylation sites is 8. The van der Waals surface area contributed by atoms with E-state index in [-0.39, 0.29) is 76.0 Å². The van der Waals surface area contributed by atoms with E-state index in [1.807, 2.05) is 107 Å². The number of amides is 6. The minimum absolute atomic E-state index is 0.120. The fourth-order valence-corrected chi connectivity index (χ4v) is 25.8. The normalized spacial score (nSPS) is 23.5. The van der Waals surface area contributed by atoms with Gasteiger partial charge in [-0.05, 0) is 283 Å². The summed E-state index contributed by atoms with van der Waals surface area (Å²) in [6.45, 7) is 37.5. The lowest BCUT2D eigenvalue weighted by atomic mass is 9.69. The molecule has 20 rings (SSSR count). The highest BCUT2D eigenvalue weighted by molar-refractivity contribution is 5.84. The third kappa shape index (κ3) is 23.1. The summed E-state index contributed by atoms with van der Waals surface area (Å²) >= 11 is 0. The Hall–Kier alpha value is -11.7. The zero-order chi connectivity index (χ0) is 101. The number of anilines is 1. The van der Waals surface area contributed by atoms with Crippen LogP contribution in [0.1, 0.15) is 306 Å². The lowest BCUT2D eigenvalue weighted by molar-refractivity contribution is -0.135. The third-order valence-corrected chi connectivity index (χ3v) is 34.7. The fraction of sp³-hybridized carbons (Fsp3) is 0.595. The molecule has 0 radical (unpaired) electrons. The number of benzene rings is 5. The van der Waals surface area contributed by atoms with Crippen molar-refractivity contribution in [1.82, 2.24) is 88.6 Å². The SMILES string of the molecule is CC(C)(C)OC(=O)N1CCC(c2nc3ccccc3n2CCC(=O)NC2C[C@H]3CC[C@]2(C)C3(C)C)C1.CC(C)(C)OC(=O)NCC1CCC(c2nc3ccccc3n2CCC(=O)NC2C[C@H]3CC[C@]2(C)C3(C)C)CC1.CCN(C(=O)CCn1c(-c2ccc(-n3cccn3)cc2)nc2ccccc21)C1CCCCC1.CCN(C(=O)CCn1c(C2CCCN(c3nccc(OC)n3)C2)nc2ccccc21)C1CCCCC1. The summed E-state index contributed by atoms with van der Waals surface area (Å²) in [5, 5.41) is 14.1. The third-order valence-electron chi connectivity index (χ3n) is 34.7. The van der Waals surface area contributed by atoms with Crippen LogP contribution < -0.4 is 25.6 Å². The van der Waals surface area contributed by atoms with E-state index in [0.29, 0.717) is 124 Å². The van der Waals surface area contributed by atoms with Gasteiger partial charge in [0.25, 0.3) is 0 Å². The molecular formula is C116H159N19O9. The number of nitrogens with one attached hydrogen (secondary N) is 3. The first-order valence-corrected chi connectivity index (χ1v) is 54.3. The Morgan fingerprint density at radius 3 is 1.38 bits per heavy atom. The van der Waals surface area contributed by atoms with Gasteiger partial charge in [0.15, 0.2) is 0 Å². The minimum Gasteiger partial charge on any atom is -0.481 e. The zero-order valence-corrected chi connectivity index (χ0v) is 88.4. The molecule has 11 aromatic rings. The highest BCUT2D eigenvalue weighted by Gasteiger charge is 2.63. The van der Waals surface area contributed by atoms with Crippen LogP contribution >= 0.6 is 0 Å². The second kappa shape index (κ2) is 44.7. The van der Waals surface area contributed by atoms with E-state index < -0.39 is 11.2 Å². The van der Waals surface area contributed by atoms with Crippen LogP contribution in [0.4, 0.5) is 15.5 Å². The second-order valence-corrected chi connectivity index (χ2v) is 46.0. The number of hydrogen-bond donors (Lipinski definition) is 3. The summed E-state index contributed by atoms with van der Waals surface area (Å²) in [6.07, 6.45) is 33.1. The van der Waals surface area contributed by atoms with Crippen molar-refractivity contribution in [3.63, 3.8) is 0 Å². The first-order valence-electron chi connectivity index (χ1n) is 54.3. The maximum Gasteiger partial charge on any atom is 0.410 e. The Labute approximate surface area is 851 Å². The molecule has 6 aromatic heterocycles. The molecule has 0 spiro atoms. The van der Waals surface area contributed by atoms with E-state index in [4.69, 9.17) is 34.1 Å². The molecule has 3 N–H and O–H groups in total. The largest absolute Gasteiger partial charge is 0.481 e. The Balaban J connectivity index is 0.000000132. The van der Waals surface area contributed by atoms with Crippen LogP contribution in [-0.4, -0.2) is 197 Å². The van der Waals surface area contributed by atoms with Gasteiger partial charge in [-0.1, -0.05) is 129 Å². The monoisotopic (exact) mass is 1960 g/mol. The van der Waals surface area contributed by atoms with Crippen molar-refractivity contribution in [2.45, 2.75) is 350 Å². The zero-order valence-electron chi connectivity index (χ0n) is 88.4. The van der Waals surface area contributed by atoms with Crippen molar-refractivity contribution in [2.75, 3.05) is 57.8 Å². The number of carbonyl (C=O) groups is 6. The molecule has 7 aliphatic carbocycles. The van der Waals surface area contributed by atoms with E-state index >= 15 is 0 Å². The Morgan fingerprint density at radius 2 is 0.924 bits per heavy atom. The number of rotatable bonds is 27. The van der Waals surface area contributed by atoms with Crippen molar-refractivity contribution in [3.05, 3.63) is 170 Å². The van der Waals surface area contributed by atoms with Crippen LogP contribution in [0.5, 0.6) is 5.88 Å². The number of methoxy groups -OCH3 is 1. The summed E-state index contributed by atoms with van der Waals surface area (Å²) < 4.78 is 27.1. The first kappa shape index (κ1) is 104. The smallest absolute Gasteiger partial charge is 0.410 e. The van der Waals surface area contributed by atoms with Gasteiger partial charge in [-0.25, -0.2) is 39.2 Å². The van der Waals surface area contributed by atoms with Crippen LogP contribution in [0, 0.1) is 39.4 Å². The van der Waals surface area contributed by atoms with Gasteiger partial charge in [0.2, 0.25) is 35.5 Å². The summed E-state index contributed by atoms with van der Waals surface area (Å²) in [7, 11) is 1.63. The number of hydrogen-bond acceptors (Lipinski definition) is 17. The van der Waals surface area contributed by atoms with Crippen LogP contribution in [0.15, 0.2) is 152 Å². The van der Waals surface area contributed by atoms with Gasteiger partial charge < -0.3 is 68.0 Å². The lowest BCUT2D eigenvalue weighted by Crippen LogP contribution is -2.47. The molecule has 8 heterocycles. The topological polar surface area (TPSA) is 294 Å². The van der Waals surface area contributed by atoms with Crippen molar-refractivity contribution >= 4 is 85.9 Å². The number of alkyl carbamates (subject to hydrolysis) is 1. The van der Waals surface area contributed by atoms with Crippen LogP contribution in [0.2, 0.25) is 0 Å². The number of ether oxygens (including phenoxy) is 3. The minimum atomic E-state index is -0.513. The Bertz CT molecular complexity index is 6240. The molecule has 2 aliphatic heterocycles. The maximum atomic E-state index is 13.3. The Kier molecular flexibility index (Phi) is 32.2. The summed E-state index contributed by atoms with van der Waals surface area (Å²) in [5.74, 6) is 8.70. The number of aryl methyl sites for hydroxylation is 4. The van der Waals surface area contributed by atoms with Crippen molar-refractivity contribution in [2.24, 2.45) is 39.4 Å². The summed E-state index contributed by atoms with van der Waals surface area (Å²) in [4.78, 5) is 115. The molecule has 9 fully saturated rings. The number of likely N-dealkylation sites (tertiary alicyclic amines) is 1. The number of fused-ring (bicyclic) bond motifs is 8. The van der Waals surface area contributed by atoms with E-state index in [1.54, 1.807) is 30.5 Å². The molecule has 6 amide bonds. The highest BCUT2D eigenvalue weighted by Crippen LogP contribution is 2.67. The van der Waals surface area contributed by atoms with E-state index in [0.717, 1.165) is 188 Å². The van der Waals surface area contributed by atoms with Gasteiger partial charge in [-0.15, -0.1) is 0 Å². The molecular weight excluding hydrogens is 1800 g/mol. The molecule has 28 nitrogen and oxygen atoms in total. The number of aromatic nitrogens is 12. The predicted octanol–water partition coefficient (Wildman–Crippen LogP) is 22.3. The number of carbonyl (C=O) groups excluding carboxylic acids is 6. The van der Waals surface area contributed by atoms with Gasteiger partial charge in [-0.2, -0.15) is 10.1 Å². The number of imidazole rings is 4. The van der Waals surface area contributed by atoms with Gasteiger partial charge >= 0.3 is 12.2 Å². The van der Waals surface area contributed by atoms with Crippen molar-refractivity contribution in [1.29, 1.82) is 0 Å². The first-order chi connectivity index (χ1) is 69.2. The molecule has 7 saturated carbocycles. The van der Waals surface area contributed by atoms with Crippen LogP contribution in [0.3, 0.4) is 0 Å². The summed E-state index contributed by atoms with van der Waals surface area (Å²) in [5.41, 5.74) is 10.2. The second-order valence-electron chi connectivity index (χ2n) is 46.0. The molecule has 9 aliphatic rings. The van der Waals surface area contributed by atoms with E-state index in [2.05, 4.69) is 192 Å². The highest BCUT2D eigenvalue weighted by atomic mass is 16.6. The van der Waals surface area contributed by atoms with Crippen molar-refractivity contribution < 1.29 is 43.0 Å². The predicted molar refractivity (Wildman–Crippen MR) is 568 cm³/mol. The molecule has 8 atom stereocenters. The maximum absolute atomic E-state index is 13.3. The van der Waals surface area contributed by atoms with Crippen LogP contribution in [-0.2, 0) is 54.8 Å². The molecule has 28 heteroatoms. The van der Waals surface area contributed by atoms with Gasteiger partial charge in [-0.3, -0.25) is 19.2 Å². The van der Waals surface area contributed by atoms with Gasteiger partial charge in [0.1, 0.15) is 34.5 Å². The van der Waals surface area contributed by atoms with Gasteiger partial charge in [0.05, 0.1) is 56.9 Å². The fourth-order valence-electron chi connectivity index (χ4n) is 25.8. The average Bonchev–Trinajstić information content (AvgIpc) is 1.56. The quantitative estimate of drug-likeness (QED) is 0.0431. The molecule has 2 saturated heterocycles. The molecule has 4 unspecified atom stereocenters. The molecule has 144 heavy (non-hydrogen) atoms. The standard InChI is InChI=1S/C32H48N4O3.C29H42N4O3.C28H38N6O2.C27H31N5O/c1-30(2,3)39-29(38)33-20-21-11-13-22(14-12-21)28-34-24-9-7-8-10-25(24)36(28)18-16-27(37)35-26-19-23-15-17-32(26,6)31(23,4)5;1-27(2,3)36-26(35)32-15-12-19(18-32)25-30-21-9-7-8-10-22(21)33(25)16-13-24(34)31-23-17-20-11-14-29(23,6)28(20,4)5;1-3-33(22-11-5-4-6-12-22)26(35)16-19-34-24-14-8-7-13-23(24)30-27(34)21-10-9-18-32(20-21)28-29-17-15-25(31-28)36-2;1-2-30(22-9-4-3-5-10-22)26(33)17-20-31-25-12-7-6-11-24(25)29-27(31)21-13-15-23(16-14-21)32-19-8-18-28-32/h7-10,21-23,26H,11-20H2,1-6H3,(H,33,38)(H,35,37);7-10,19-20,23H,11-18H2,1-6H3,(H,31,34);7-8,13-15,17,21-22H,3-6,9-12,16,18-20H2,1-2H3;6-8,11-16,18-19,22H,2-5,9-10,17,20H2,1H3/t21?,22?,23-,26?,32+;19?,20-,23?,29+;;/m11../s1. The van der Waals surface area contributed by atoms with Crippen LogP contribution in [0.25, 0.3) is 61.2 Å². The number of nitrogens with zero attached hydrogens (tertiary/aromatic N) is 16. The number of piperidine rings is 1. The average molecular weight is 1960 g/mol. The molecule has 4 bridgehead atoms. The summed E-state index contributed by atoms with van der Waals surface area (Å²) in [6, 6.07) is 46.2. The Morgan fingerprint density at radius 1 is 0.458 bits per heavy atom. The van der Waals surface area contributed by atoms with Crippen molar-refractivity contribution in [3.8, 4) is 23.0 Å². The lowest BCUT2D eigenvalue weighted by Gasteiger charge is -2.39. The molecule has 772 valence electrons.